The molecular weight excluding hydrogens is 388 g/mol. The molecule has 2 fully saturated rings. The minimum absolute atomic E-state index is 0.477. The highest BCUT2D eigenvalue weighted by molar-refractivity contribution is 7.99. The molecule has 2 aliphatic heterocycles. The Morgan fingerprint density at radius 1 is 0.862 bits per heavy atom. The molecule has 0 N–H and O–H groups in total. The van der Waals surface area contributed by atoms with Crippen LogP contribution in [0.3, 0.4) is 0 Å². The van der Waals surface area contributed by atoms with Crippen LogP contribution >= 0.6 is 11.8 Å². The monoisotopic (exact) mass is 412 g/mol. The summed E-state index contributed by atoms with van der Waals surface area (Å²) in [4.78, 5) is 21.2. The second-order valence-electron chi connectivity index (χ2n) is 7.32. The topological polar surface area (TPSA) is 87.3 Å². The van der Waals surface area contributed by atoms with Crippen molar-refractivity contribution in [3.63, 3.8) is 0 Å². The van der Waals surface area contributed by atoms with Crippen LogP contribution in [-0.2, 0) is 6.54 Å². The van der Waals surface area contributed by atoms with E-state index in [0.29, 0.717) is 11.3 Å². The highest BCUT2D eigenvalue weighted by atomic mass is 32.2. The lowest BCUT2D eigenvalue weighted by molar-refractivity contribution is 0.282. The van der Waals surface area contributed by atoms with Crippen LogP contribution in [-0.4, -0.2) is 80.9 Å². The molecule has 0 radical (unpaired) electrons. The molecule has 0 aromatic carbocycles. The maximum Gasteiger partial charge on any atom is 0.245 e. The zero-order chi connectivity index (χ0) is 19.5. The predicted molar refractivity (Wildman–Crippen MR) is 113 cm³/mol. The second-order valence-corrected chi connectivity index (χ2v) is 8.54. The van der Waals surface area contributed by atoms with Crippen molar-refractivity contribution in [1.29, 1.82) is 0 Å². The van der Waals surface area contributed by atoms with Gasteiger partial charge in [0.05, 0.1) is 5.69 Å². The van der Waals surface area contributed by atoms with Crippen molar-refractivity contribution in [2.45, 2.75) is 13.0 Å². The molecular formula is C19H24N8OS. The number of rotatable bonds is 4. The second kappa shape index (κ2) is 8.50. The molecule has 3 aromatic heterocycles. The van der Waals surface area contributed by atoms with Gasteiger partial charge in [-0.2, -0.15) is 11.8 Å². The van der Waals surface area contributed by atoms with Crippen LogP contribution in [0, 0.1) is 0 Å². The summed E-state index contributed by atoms with van der Waals surface area (Å²) in [5.41, 5.74) is 2.07. The molecule has 10 heteroatoms. The number of pyridine rings is 1. The molecule has 0 aliphatic carbocycles. The highest BCUT2D eigenvalue weighted by Gasteiger charge is 2.25. The van der Waals surface area contributed by atoms with Gasteiger partial charge in [-0.3, -0.25) is 9.88 Å². The third-order valence-electron chi connectivity index (χ3n) is 5.39. The number of fused-ring (bicyclic) bond motifs is 1. The number of hydrogen-bond donors (Lipinski definition) is 0. The number of nitrogens with zero attached hydrogens (tertiary/aromatic N) is 8. The third-order valence-corrected chi connectivity index (χ3v) is 6.33. The number of thioether (sulfide) groups is 1. The van der Waals surface area contributed by atoms with Crippen LogP contribution in [0.1, 0.15) is 12.1 Å². The predicted octanol–water partition coefficient (Wildman–Crippen LogP) is 1.67. The summed E-state index contributed by atoms with van der Waals surface area (Å²) in [6.45, 7) is 6.68. The van der Waals surface area contributed by atoms with E-state index < -0.39 is 0 Å². The lowest BCUT2D eigenvalue weighted by Crippen LogP contribution is -2.37. The molecule has 0 unspecified atom stereocenters. The van der Waals surface area contributed by atoms with Gasteiger partial charge < -0.3 is 9.80 Å². The van der Waals surface area contributed by atoms with Gasteiger partial charge in [-0.1, -0.05) is 6.07 Å². The first-order valence-corrected chi connectivity index (χ1v) is 11.2. The number of aromatic nitrogens is 5. The molecule has 5 rings (SSSR count). The van der Waals surface area contributed by atoms with Crippen LogP contribution in [0.15, 0.2) is 29.0 Å². The van der Waals surface area contributed by atoms with E-state index in [1.807, 2.05) is 30.1 Å². The molecule has 5 heterocycles. The maximum absolute atomic E-state index is 4.88. The van der Waals surface area contributed by atoms with Gasteiger partial charge in [0.15, 0.2) is 11.6 Å². The average molecular weight is 413 g/mol. The minimum atomic E-state index is 0.477. The van der Waals surface area contributed by atoms with Gasteiger partial charge in [0.2, 0.25) is 11.3 Å². The molecule has 152 valence electrons. The Morgan fingerprint density at radius 3 is 2.34 bits per heavy atom. The number of hydrogen-bond acceptors (Lipinski definition) is 10. The van der Waals surface area contributed by atoms with Crippen LogP contribution in [0.4, 0.5) is 11.6 Å². The van der Waals surface area contributed by atoms with Crippen molar-refractivity contribution in [3.8, 4) is 0 Å². The van der Waals surface area contributed by atoms with Crippen LogP contribution < -0.4 is 9.80 Å². The zero-order valence-electron chi connectivity index (χ0n) is 16.3. The Balaban J connectivity index is 1.38. The largest absolute Gasteiger partial charge is 0.352 e. The Bertz CT molecular complexity index is 946. The molecule has 0 amide bonds. The van der Waals surface area contributed by atoms with Gasteiger partial charge in [0.25, 0.3) is 0 Å². The summed E-state index contributed by atoms with van der Waals surface area (Å²) in [5.74, 6) is 4.02. The van der Waals surface area contributed by atoms with Gasteiger partial charge in [-0.05, 0) is 28.9 Å². The van der Waals surface area contributed by atoms with Crippen LogP contribution in [0.5, 0.6) is 0 Å². The van der Waals surface area contributed by atoms with E-state index in [4.69, 9.17) is 14.6 Å². The Hall–Kier alpha value is -2.46. The fraction of sp³-hybridized carbons (Fsp3) is 0.526. The highest BCUT2D eigenvalue weighted by Crippen LogP contribution is 2.30. The first-order valence-electron chi connectivity index (χ1n) is 10.1. The fourth-order valence-corrected chi connectivity index (χ4v) is 4.78. The molecule has 3 aromatic rings. The molecule has 29 heavy (non-hydrogen) atoms. The Kier molecular flexibility index (Phi) is 5.44. The van der Waals surface area contributed by atoms with Crippen molar-refractivity contribution in [2.24, 2.45) is 0 Å². The lowest BCUT2D eigenvalue weighted by Gasteiger charge is -2.31. The first kappa shape index (κ1) is 18.6. The van der Waals surface area contributed by atoms with Gasteiger partial charge >= 0.3 is 0 Å². The van der Waals surface area contributed by atoms with E-state index in [1.54, 1.807) is 0 Å². The third kappa shape index (κ3) is 4.13. The maximum atomic E-state index is 4.88. The summed E-state index contributed by atoms with van der Waals surface area (Å²) in [6.07, 6.45) is 2.93. The first-order chi connectivity index (χ1) is 14.4. The van der Waals surface area contributed by atoms with Gasteiger partial charge in [0, 0.05) is 63.5 Å². The van der Waals surface area contributed by atoms with Crippen LogP contribution in [0.25, 0.3) is 11.3 Å². The van der Waals surface area contributed by atoms with Gasteiger partial charge in [0.1, 0.15) is 0 Å². The summed E-state index contributed by atoms with van der Waals surface area (Å²) in [6, 6.07) is 6.10. The van der Waals surface area contributed by atoms with Gasteiger partial charge in [-0.15, -0.1) is 0 Å². The molecule has 2 saturated heterocycles. The van der Waals surface area contributed by atoms with Crippen molar-refractivity contribution >= 4 is 34.7 Å². The van der Waals surface area contributed by atoms with E-state index in [0.717, 1.165) is 81.1 Å². The quantitative estimate of drug-likeness (QED) is 0.630. The smallest absolute Gasteiger partial charge is 0.245 e. The number of anilines is 2. The summed E-state index contributed by atoms with van der Waals surface area (Å²) < 4.78 is 4.88. The Morgan fingerprint density at radius 2 is 1.62 bits per heavy atom. The molecule has 0 saturated carbocycles. The van der Waals surface area contributed by atoms with E-state index >= 15 is 0 Å². The Labute approximate surface area is 173 Å². The van der Waals surface area contributed by atoms with Crippen molar-refractivity contribution in [2.75, 3.05) is 60.6 Å². The lowest BCUT2D eigenvalue weighted by atomic mass is 10.3. The average Bonchev–Trinajstić information content (AvgIpc) is 3.11. The van der Waals surface area contributed by atoms with Crippen molar-refractivity contribution in [1.82, 2.24) is 30.2 Å². The van der Waals surface area contributed by atoms with E-state index in [2.05, 4.69) is 36.1 Å². The zero-order valence-corrected chi connectivity index (χ0v) is 17.1. The van der Waals surface area contributed by atoms with E-state index in [9.17, 15) is 0 Å². The van der Waals surface area contributed by atoms with Crippen LogP contribution in [0.2, 0.25) is 0 Å². The standard InChI is InChI=1S/C19H24N8OS/c1-2-5-20-15(4-1)14-25-6-3-7-26(9-8-25)18-19(27-10-12-29-13-11-27)22-17-16(21-18)23-28-24-17/h1-2,4-5H,3,6-14H2. The molecule has 9 nitrogen and oxygen atoms in total. The minimum Gasteiger partial charge on any atom is -0.352 e. The summed E-state index contributed by atoms with van der Waals surface area (Å²) in [5, 5.41) is 7.84. The molecule has 0 spiro atoms. The molecule has 2 aliphatic rings. The van der Waals surface area contributed by atoms with Crippen molar-refractivity contribution < 1.29 is 4.63 Å². The SMILES string of the molecule is c1ccc(CN2CCCN(c3nc4nonc4nc3N3CCSCC3)CC2)nc1. The van der Waals surface area contributed by atoms with Gasteiger partial charge in [-0.25, -0.2) is 14.6 Å². The molecule has 0 bridgehead atoms. The summed E-state index contributed by atoms with van der Waals surface area (Å²) >= 11 is 1.98. The normalized spacial score (nSPS) is 18.9. The van der Waals surface area contributed by atoms with Crippen molar-refractivity contribution in [3.05, 3.63) is 30.1 Å². The molecule has 0 atom stereocenters. The van der Waals surface area contributed by atoms with E-state index in [-0.39, 0.29) is 0 Å². The fourth-order valence-electron chi connectivity index (χ4n) is 3.88. The van der Waals surface area contributed by atoms with E-state index in [1.165, 1.54) is 0 Å². The summed E-state index contributed by atoms with van der Waals surface area (Å²) in [7, 11) is 0.